The second-order valence-corrected chi connectivity index (χ2v) is 9.22. The van der Waals surface area contributed by atoms with Gasteiger partial charge in [0.2, 0.25) is 0 Å². The van der Waals surface area contributed by atoms with E-state index in [4.69, 9.17) is 10.1 Å². The van der Waals surface area contributed by atoms with Crippen molar-refractivity contribution in [3.63, 3.8) is 0 Å². The number of aromatic amines is 2. The third-order valence-corrected chi connectivity index (χ3v) is 6.75. The molecule has 0 amide bonds. The lowest BCUT2D eigenvalue weighted by Crippen LogP contribution is -2.24. The van der Waals surface area contributed by atoms with Gasteiger partial charge in [0.1, 0.15) is 11.2 Å². The molecule has 0 bridgehead atoms. The molecule has 166 valence electrons. The van der Waals surface area contributed by atoms with Gasteiger partial charge in [-0.3, -0.25) is 15.1 Å². The Morgan fingerprint density at radius 1 is 1.18 bits per heavy atom. The molecule has 0 unspecified atom stereocenters. The number of nitrogens with zero attached hydrogens (tertiary/aromatic N) is 4. The Hall–Kier alpha value is -4.10. The van der Waals surface area contributed by atoms with Crippen LogP contribution in [0, 0.1) is 6.92 Å². The van der Waals surface area contributed by atoms with E-state index in [-0.39, 0.29) is 0 Å². The minimum Gasteiger partial charge on any atom is -0.335 e. The van der Waals surface area contributed by atoms with Crippen LogP contribution < -0.4 is 10.6 Å². The van der Waals surface area contributed by atoms with Crippen LogP contribution >= 0.6 is 11.3 Å². The zero-order chi connectivity index (χ0) is 23.2. The van der Waals surface area contributed by atoms with E-state index in [1.54, 1.807) is 11.3 Å². The number of fused-ring (bicyclic) bond motifs is 1. The average Bonchev–Trinajstić information content (AvgIpc) is 3.29. The minimum atomic E-state index is 0.706. The third kappa shape index (κ3) is 3.50. The molecule has 7 heteroatoms. The molecule has 1 aliphatic carbocycles. The number of imidazole rings is 1. The minimum absolute atomic E-state index is 0.706. The number of hydrogen-bond acceptors (Lipinski definition) is 5. The molecule has 6 rings (SSSR count). The summed E-state index contributed by atoms with van der Waals surface area (Å²) >= 11 is 1.66. The van der Waals surface area contributed by atoms with E-state index in [2.05, 4.69) is 68.6 Å². The highest BCUT2D eigenvalue weighted by Gasteiger charge is 2.23. The number of pyridine rings is 2. The molecule has 0 spiro atoms. The lowest BCUT2D eigenvalue weighted by atomic mass is 10.0. The molecule has 0 saturated heterocycles. The lowest BCUT2D eigenvalue weighted by molar-refractivity contribution is 1.05. The van der Waals surface area contributed by atoms with Crippen LogP contribution in [0.2, 0.25) is 0 Å². The molecular formula is C27H22N6S. The van der Waals surface area contributed by atoms with E-state index in [9.17, 15) is 0 Å². The van der Waals surface area contributed by atoms with Crippen LogP contribution in [-0.2, 0) is 0 Å². The van der Waals surface area contributed by atoms with Crippen LogP contribution in [0.4, 0.5) is 0 Å². The van der Waals surface area contributed by atoms with Crippen molar-refractivity contribution in [2.24, 2.45) is 0 Å². The summed E-state index contributed by atoms with van der Waals surface area (Å²) < 4.78 is 0. The second kappa shape index (κ2) is 8.04. The number of H-pyrrole nitrogens is 2. The summed E-state index contributed by atoms with van der Waals surface area (Å²) in [6, 6.07) is 4.23. The highest BCUT2D eigenvalue weighted by atomic mass is 32.1. The first-order chi connectivity index (χ1) is 16.6. The fourth-order valence-corrected chi connectivity index (χ4v) is 4.87. The van der Waals surface area contributed by atoms with Crippen LogP contribution in [0.3, 0.4) is 0 Å². The number of allylic oxidation sites excluding steroid dienone is 3. The molecule has 2 N–H and O–H groups in total. The smallest absolute Gasteiger partial charge is 0.159 e. The van der Waals surface area contributed by atoms with Crippen molar-refractivity contribution in [1.29, 1.82) is 0 Å². The molecule has 5 heterocycles. The lowest BCUT2D eigenvalue weighted by Gasteiger charge is -2.02. The van der Waals surface area contributed by atoms with Crippen LogP contribution in [0.1, 0.15) is 24.5 Å². The molecule has 5 aromatic rings. The molecule has 1 aliphatic rings. The van der Waals surface area contributed by atoms with Gasteiger partial charge in [0.05, 0.1) is 17.1 Å². The molecule has 0 aromatic carbocycles. The van der Waals surface area contributed by atoms with Crippen molar-refractivity contribution >= 4 is 39.6 Å². The Bertz CT molecular complexity index is 1720. The zero-order valence-corrected chi connectivity index (χ0v) is 19.7. The SMILES string of the molecule is C=C1C\C1=c1/[nH]nc(-c2nc3c(-c4ccsc4)cncc3[nH]2)/c1=C/C(=C\C)c1cncc(C)c1. The number of aromatic nitrogens is 6. The molecule has 0 aliphatic heterocycles. The molecule has 0 atom stereocenters. The Morgan fingerprint density at radius 3 is 2.76 bits per heavy atom. The quantitative estimate of drug-likeness (QED) is 0.403. The fraction of sp³-hybridized carbons (Fsp3) is 0.111. The van der Waals surface area contributed by atoms with Crippen LogP contribution in [0.5, 0.6) is 0 Å². The van der Waals surface area contributed by atoms with Gasteiger partial charge in [0.15, 0.2) is 5.82 Å². The first-order valence-corrected chi connectivity index (χ1v) is 12.0. The maximum atomic E-state index is 4.97. The number of thiophene rings is 1. The Kier molecular flexibility index (Phi) is 4.85. The maximum Gasteiger partial charge on any atom is 0.159 e. The number of aryl methyl sites for hydroxylation is 1. The highest BCUT2D eigenvalue weighted by molar-refractivity contribution is 7.08. The van der Waals surface area contributed by atoms with Gasteiger partial charge in [0.25, 0.3) is 0 Å². The van der Waals surface area contributed by atoms with Crippen LogP contribution in [-0.4, -0.2) is 30.1 Å². The summed E-state index contributed by atoms with van der Waals surface area (Å²) in [6.45, 7) is 8.23. The second-order valence-electron chi connectivity index (χ2n) is 8.44. The largest absolute Gasteiger partial charge is 0.335 e. The molecule has 1 saturated carbocycles. The summed E-state index contributed by atoms with van der Waals surface area (Å²) in [5.74, 6) is 0.706. The normalized spacial score (nSPS) is 16.0. The summed E-state index contributed by atoms with van der Waals surface area (Å²) in [4.78, 5) is 17.2. The summed E-state index contributed by atoms with van der Waals surface area (Å²) in [5.41, 5.74) is 10.3. The first-order valence-electron chi connectivity index (χ1n) is 11.0. The van der Waals surface area contributed by atoms with Crippen molar-refractivity contribution in [3.8, 4) is 22.6 Å². The maximum absolute atomic E-state index is 4.97. The molecule has 1 fully saturated rings. The number of rotatable bonds is 4. The third-order valence-electron chi connectivity index (χ3n) is 6.07. The predicted molar refractivity (Wildman–Crippen MR) is 138 cm³/mol. The molecule has 5 aromatic heterocycles. The number of nitrogens with one attached hydrogen (secondary N) is 2. The van der Waals surface area contributed by atoms with Crippen molar-refractivity contribution in [2.75, 3.05) is 0 Å². The Labute approximate surface area is 200 Å². The van der Waals surface area contributed by atoms with Gasteiger partial charge in [0, 0.05) is 29.4 Å². The monoisotopic (exact) mass is 462 g/mol. The molecule has 6 nitrogen and oxygen atoms in total. The fourth-order valence-electron chi connectivity index (χ4n) is 4.21. The van der Waals surface area contributed by atoms with E-state index in [0.29, 0.717) is 5.82 Å². The van der Waals surface area contributed by atoms with Crippen molar-refractivity contribution in [2.45, 2.75) is 20.3 Å². The van der Waals surface area contributed by atoms with E-state index in [1.165, 1.54) is 5.57 Å². The number of hydrogen-bond donors (Lipinski definition) is 2. The van der Waals surface area contributed by atoms with E-state index in [1.807, 2.05) is 31.7 Å². The van der Waals surface area contributed by atoms with Crippen molar-refractivity contribution < 1.29 is 0 Å². The average molecular weight is 463 g/mol. The van der Waals surface area contributed by atoms with Gasteiger partial charge >= 0.3 is 0 Å². The Balaban J connectivity index is 1.58. The van der Waals surface area contributed by atoms with E-state index >= 15 is 0 Å². The van der Waals surface area contributed by atoms with Gasteiger partial charge < -0.3 is 4.98 Å². The topological polar surface area (TPSA) is 83.1 Å². The van der Waals surface area contributed by atoms with E-state index < -0.39 is 0 Å². The van der Waals surface area contributed by atoms with Gasteiger partial charge in [-0.1, -0.05) is 12.7 Å². The predicted octanol–water partition coefficient (Wildman–Crippen LogP) is 4.77. The summed E-state index contributed by atoms with van der Waals surface area (Å²) in [7, 11) is 0. The standard InChI is InChI=1S/C27H22N6S/c1-4-17(19-7-15(2)10-28-11-19)9-21-24(20-8-16(20)3)32-33-26(21)27-30-23-13-29-12-22(25(23)31-27)18-5-6-34-14-18/h4-7,9-14,32H,3,8H2,1-2H3,(H,30,31)/b17-4+,21-9+,24-20+. The van der Waals surface area contributed by atoms with Crippen LogP contribution in [0.15, 0.2) is 65.9 Å². The molecule has 0 radical (unpaired) electrons. The molecular weight excluding hydrogens is 440 g/mol. The first kappa shape index (κ1) is 20.5. The Morgan fingerprint density at radius 2 is 2.03 bits per heavy atom. The van der Waals surface area contributed by atoms with Crippen molar-refractivity contribution in [1.82, 2.24) is 30.1 Å². The summed E-state index contributed by atoms with van der Waals surface area (Å²) in [6.07, 6.45) is 12.6. The van der Waals surface area contributed by atoms with Crippen LogP contribution in [0.25, 0.3) is 50.9 Å². The van der Waals surface area contributed by atoms with E-state index in [0.717, 1.165) is 67.1 Å². The summed E-state index contributed by atoms with van der Waals surface area (Å²) in [5, 5.41) is 14.1. The van der Waals surface area contributed by atoms with Gasteiger partial charge in [-0.2, -0.15) is 16.4 Å². The van der Waals surface area contributed by atoms with Gasteiger partial charge in [-0.25, -0.2) is 4.98 Å². The van der Waals surface area contributed by atoms with Crippen molar-refractivity contribution in [3.05, 3.63) is 87.6 Å². The van der Waals surface area contributed by atoms with Gasteiger partial charge in [-0.05, 0) is 82.6 Å². The highest BCUT2D eigenvalue weighted by Crippen LogP contribution is 2.34. The van der Waals surface area contributed by atoms with Gasteiger partial charge in [-0.15, -0.1) is 0 Å². The molecule has 34 heavy (non-hydrogen) atoms. The zero-order valence-electron chi connectivity index (χ0n) is 18.9.